The topological polar surface area (TPSA) is 58.4 Å². The van der Waals surface area contributed by atoms with Crippen LogP contribution in [0.4, 0.5) is 11.4 Å². The summed E-state index contributed by atoms with van der Waals surface area (Å²) in [7, 11) is 3.48. The third-order valence-corrected chi connectivity index (χ3v) is 4.09. The standard InChI is InChI=1S/C16H25N3O/c1-11-4-5-12(8-11)10-18-15-7-6-13(9-14(15)17)16(20)19(2)3/h6-7,9,11-12,18H,4-5,8,10,17H2,1-3H3. The molecule has 0 aromatic heterocycles. The summed E-state index contributed by atoms with van der Waals surface area (Å²) >= 11 is 0. The molecule has 0 radical (unpaired) electrons. The fourth-order valence-corrected chi connectivity index (χ4v) is 2.88. The van der Waals surface area contributed by atoms with Gasteiger partial charge in [0.25, 0.3) is 5.91 Å². The SMILES string of the molecule is CC1CCC(CNc2ccc(C(=O)N(C)C)cc2N)C1. The highest BCUT2D eigenvalue weighted by molar-refractivity contribution is 5.95. The van der Waals surface area contributed by atoms with E-state index in [9.17, 15) is 4.79 Å². The summed E-state index contributed by atoms with van der Waals surface area (Å²) in [5, 5.41) is 3.42. The second-order valence-corrected chi connectivity index (χ2v) is 6.17. The lowest BCUT2D eigenvalue weighted by molar-refractivity contribution is 0.0827. The van der Waals surface area contributed by atoms with Crippen LogP contribution in [0.3, 0.4) is 0 Å². The Balaban J connectivity index is 1.97. The Morgan fingerprint density at radius 3 is 2.70 bits per heavy atom. The first kappa shape index (κ1) is 14.7. The average Bonchev–Trinajstić information content (AvgIpc) is 2.82. The van der Waals surface area contributed by atoms with Crippen LogP contribution in [0.25, 0.3) is 0 Å². The third kappa shape index (κ3) is 3.44. The molecule has 1 aliphatic rings. The number of carbonyl (C=O) groups is 1. The fourth-order valence-electron chi connectivity index (χ4n) is 2.88. The van der Waals surface area contributed by atoms with Gasteiger partial charge in [-0.1, -0.05) is 13.3 Å². The van der Waals surface area contributed by atoms with Gasteiger partial charge in [-0.3, -0.25) is 4.79 Å². The molecule has 2 rings (SSSR count). The molecule has 2 atom stereocenters. The fraction of sp³-hybridized carbons (Fsp3) is 0.562. The second-order valence-electron chi connectivity index (χ2n) is 6.17. The first-order valence-electron chi connectivity index (χ1n) is 7.32. The van der Waals surface area contributed by atoms with Gasteiger partial charge in [-0.25, -0.2) is 0 Å². The zero-order chi connectivity index (χ0) is 14.7. The van der Waals surface area contributed by atoms with E-state index in [1.54, 1.807) is 25.1 Å². The lowest BCUT2D eigenvalue weighted by Crippen LogP contribution is -2.22. The van der Waals surface area contributed by atoms with E-state index in [1.807, 2.05) is 12.1 Å². The Bertz CT molecular complexity index is 485. The predicted molar refractivity (Wildman–Crippen MR) is 83.9 cm³/mol. The monoisotopic (exact) mass is 275 g/mol. The van der Waals surface area contributed by atoms with Crippen LogP contribution in [0.2, 0.25) is 0 Å². The van der Waals surface area contributed by atoms with Gasteiger partial charge in [-0.05, 0) is 42.9 Å². The van der Waals surface area contributed by atoms with E-state index in [-0.39, 0.29) is 5.91 Å². The van der Waals surface area contributed by atoms with Crippen molar-refractivity contribution < 1.29 is 4.79 Å². The number of rotatable bonds is 4. The molecule has 1 aliphatic carbocycles. The molecule has 0 bridgehead atoms. The van der Waals surface area contributed by atoms with Gasteiger partial charge >= 0.3 is 0 Å². The van der Waals surface area contributed by atoms with Crippen molar-refractivity contribution in [3.63, 3.8) is 0 Å². The minimum atomic E-state index is -0.0205. The second kappa shape index (κ2) is 6.16. The van der Waals surface area contributed by atoms with Crippen LogP contribution in [-0.4, -0.2) is 31.4 Å². The number of nitrogens with zero attached hydrogens (tertiary/aromatic N) is 1. The summed E-state index contributed by atoms with van der Waals surface area (Å²) in [6.45, 7) is 3.28. The van der Waals surface area contributed by atoms with Crippen LogP contribution < -0.4 is 11.1 Å². The van der Waals surface area contributed by atoms with Crippen LogP contribution >= 0.6 is 0 Å². The number of hydrogen-bond donors (Lipinski definition) is 2. The predicted octanol–water partition coefficient (Wildman–Crippen LogP) is 2.82. The lowest BCUT2D eigenvalue weighted by atomic mass is 10.1. The van der Waals surface area contributed by atoms with E-state index in [2.05, 4.69) is 12.2 Å². The molecule has 4 nitrogen and oxygen atoms in total. The van der Waals surface area contributed by atoms with Gasteiger partial charge in [0.1, 0.15) is 0 Å². The molecule has 20 heavy (non-hydrogen) atoms. The highest BCUT2D eigenvalue weighted by Gasteiger charge is 2.21. The molecule has 0 spiro atoms. The Hall–Kier alpha value is -1.71. The summed E-state index contributed by atoms with van der Waals surface area (Å²) in [5.41, 5.74) is 8.24. The molecule has 1 saturated carbocycles. The van der Waals surface area contributed by atoms with Crippen LogP contribution in [0.1, 0.15) is 36.5 Å². The van der Waals surface area contributed by atoms with Gasteiger partial charge in [0.2, 0.25) is 0 Å². The van der Waals surface area contributed by atoms with E-state index in [1.165, 1.54) is 19.3 Å². The maximum atomic E-state index is 11.9. The van der Waals surface area contributed by atoms with E-state index < -0.39 is 0 Å². The van der Waals surface area contributed by atoms with Crippen molar-refractivity contribution in [3.8, 4) is 0 Å². The van der Waals surface area contributed by atoms with E-state index in [0.29, 0.717) is 11.3 Å². The molecular weight excluding hydrogens is 250 g/mol. The van der Waals surface area contributed by atoms with Crippen molar-refractivity contribution in [3.05, 3.63) is 23.8 Å². The highest BCUT2D eigenvalue weighted by Crippen LogP contribution is 2.31. The minimum Gasteiger partial charge on any atom is -0.397 e. The molecule has 0 saturated heterocycles. The van der Waals surface area contributed by atoms with Crippen molar-refractivity contribution in [2.24, 2.45) is 11.8 Å². The molecule has 1 aromatic carbocycles. The normalized spacial score (nSPS) is 21.8. The smallest absolute Gasteiger partial charge is 0.253 e. The van der Waals surface area contributed by atoms with Crippen molar-refractivity contribution in [2.45, 2.75) is 26.2 Å². The molecular formula is C16H25N3O. The summed E-state index contributed by atoms with van der Waals surface area (Å²) in [6.07, 6.45) is 3.92. The number of nitrogen functional groups attached to an aromatic ring is 1. The minimum absolute atomic E-state index is 0.0205. The maximum Gasteiger partial charge on any atom is 0.253 e. The molecule has 1 amide bonds. The Labute approximate surface area is 121 Å². The molecule has 2 unspecified atom stereocenters. The molecule has 4 heteroatoms. The number of nitrogens with one attached hydrogen (secondary N) is 1. The van der Waals surface area contributed by atoms with Gasteiger partial charge in [0.05, 0.1) is 11.4 Å². The van der Waals surface area contributed by atoms with E-state index in [4.69, 9.17) is 5.73 Å². The summed E-state index contributed by atoms with van der Waals surface area (Å²) in [6, 6.07) is 5.49. The number of amides is 1. The van der Waals surface area contributed by atoms with Gasteiger partial charge in [-0.2, -0.15) is 0 Å². The van der Waals surface area contributed by atoms with Crippen LogP contribution in [0, 0.1) is 11.8 Å². The van der Waals surface area contributed by atoms with Crippen LogP contribution in [-0.2, 0) is 0 Å². The Morgan fingerprint density at radius 2 is 2.15 bits per heavy atom. The van der Waals surface area contributed by atoms with Gasteiger partial charge in [0, 0.05) is 26.2 Å². The average molecular weight is 275 g/mol. The maximum absolute atomic E-state index is 11.9. The number of carbonyl (C=O) groups excluding carboxylic acids is 1. The number of nitrogens with two attached hydrogens (primary N) is 1. The molecule has 0 aliphatic heterocycles. The molecule has 3 N–H and O–H groups in total. The molecule has 110 valence electrons. The third-order valence-electron chi connectivity index (χ3n) is 4.09. The number of anilines is 2. The molecule has 1 fully saturated rings. The highest BCUT2D eigenvalue weighted by atomic mass is 16.2. The number of benzene rings is 1. The lowest BCUT2D eigenvalue weighted by Gasteiger charge is -2.16. The molecule has 1 aromatic rings. The van der Waals surface area contributed by atoms with Crippen molar-refractivity contribution in [1.82, 2.24) is 4.90 Å². The van der Waals surface area contributed by atoms with Crippen molar-refractivity contribution in [1.29, 1.82) is 0 Å². The van der Waals surface area contributed by atoms with Gasteiger partial charge < -0.3 is 16.0 Å². The van der Waals surface area contributed by atoms with Crippen LogP contribution in [0.5, 0.6) is 0 Å². The van der Waals surface area contributed by atoms with E-state index in [0.717, 1.165) is 24.1 Å². The largest absolute Gasteiger partial charge is 0.397 e. The van der Waals surface area contributed by atoms with E-state index >= 15 is 0 Å². The summed E-state index contributed by atoms with van der Waals surface area (Å²) in [5.74, 6) is 1.57. The summed E-state index contributed by atoms with van der Waals surface area (Å²) < 4.78 is 0. The van der Waals surface area contributed by atoms with Crippen molar-refractivity contribution >= 4 is 17.3 Å². The van der Waals surface area contributed by atoms with Gasteiger partial charge in [0.15, 0.2) is 0 Å². The first-order chi connectivity index (χ1) is 9.47. The quantitative estimate of drug-likeness (QED) is 0.831. The Morgan fingerprint density at radius 1 is 1.40 bits per heavy atom. The summed E-state index contributed by atoms with van der Waals surface area (Å²) in [4.78, 5) is 13.4. The van der Waals surface area contributed by atoms with Crippen molar-refractivity contribution in [2.75, 3.05) is 31.7 Å². The van der Waals surface area contributed by atoms with Crippen LogP contribution in [0.15, 0.2) is 18.2 Å². The zero-order valence-corrected chi connectivity index (χ0v) is 12.6. The zero-order valence-electron chi connectivity index (χ0n) is 12.6. The first-order valence-corrected chi connectivity index (χ1v) is 7.32. The Kier molecular flexibility index (Phi) is 4.53. The number of hydrogen-bond acceptors (Lipinski definition) is 3. The van der Waals surface area contributed by atoms with Gasteiger partial charge in [-0.15, -0.1) is 0 Å². The molecule has 0 heterocycles.